The SMILES string of the molecule is CC1CC2=C(CC1C1N=C(N)Nc3nc4ccccc4n31)C(C)(C)CCC2. The van der Waals surface area contributed by atoms with Crippen molar-refractivity contribution in [3.63, 3.8) is 0 Å². The quantitative estimate of drug-likeness (QED) is 0.713. The van der Waals surface area contributed by atoms with Crippen molar-refractivity contribution in [2.24, 2.45) is 28.0 Å². The Morgan fingerprint density at radius 2 is 2.04 bits per heavy atom. The van der Waals surface area contributed by atoms with E-state index < -0.39 is 0 Å². The summed E-state index contributed by atoms with van der Waals surface area (Å²) >= 11 is 0. The second-order valence-electron chi connectivity index (χ2n) is 9.22. The van der Waals surface area contributed by atoms with Gasteiger partial charge in [-0.25, -0.2) is 9.98 Å². The minimum absolute atomic E-state index is 0.00965. The number of rotatable bonds is 1. The molecular formula is C22H29N5. The van der Waals surface area contributed by atoms with E-state index in [1.807, 2.05) is 6.07 Å². The van der Waals surface area contributed by atoms with Crippen LogP contribution in [0.3, 0.4) is 0 Å². The van der Waals surface area contributed by atoms with Gasteiger partial charge in [0.15, 0.2) is 5.96 Å². The van der Waals surface area contributed by atoms with Gasteiger partial charge in [0.1, 0.15) is 6.17 Å². The van der Waals surface area contributed by atoms with Gasteiger partial charge in [-0.1, -0.05) is 44.1 Å². The first-order valence-electron chi connectivity index (χ1n) is 10.2. The summed E-state index contributed by atoms with van der Waals surface area (Å²) in [6.07, 6.45) is 6.24. The molecule has 0 saturated carbocycles. The topological polar surface area (TPSA) is 68.2 Å². The summed E-state index contributed by atoms with van der Waals surface area (Å²) in [5.74, 6) is 2.34. The molecule has 0 spiro atoms. The van der Waals surface area contributed by atoms with Gasteiger partial charge in [0.25, 0.3) is 0 Å². The van der Waals surface area contributed by atoms with E-state index in [-0.39, 0.29) is 6.17 Å². The summed E-state index contributed by atoms with van der Waals surface area (Å²) in [5, 5.41) is 3.17. The smallest absolute Gasteiger partial charge is 0.212 e. The lowest BCUT2D eigenvalue weighted by Crippen LogP contribution is -2.38. The van der Waals surface area contributed by atoms with E-state index in [9.17, 15) is 0 Å². The zero-order chi connectivity index (χ0) is 18.8. The van der Waals surface area contributed by atoms with E-state index in [1.54, 1.807) is 11.1 Å². The Morgan fingerprint density at radius 3 is 2.89 bits per heavy atom. The van der Waals surface area contributed by atoms with Crippen molar-refractivity contribution >= 4 is 22.9 Å². The van der Waals surface area contributed by atoms with E-state index >= 15 is 0 Å². The fourth-order valence-corrected chi connectivity index (χ4v) is 5.58. The van der Waals surface area contributed by atoms with Crippen molar-refractivity contribution in [1.82, 2.24) is 9.55 Å². The van der Waals surface area contributed by atoms with Crippen LogP contribution in [-0.4, -0.2) is 15.5 Å². The van der Waals surface area contributed by atoms with Gasteiger partial charge in [-0.05, 0) is 55.6 Å². The highest BCUT2D eigenvalue weighted by Crippen LogP contribution is 2.52. The molecule has 2 heterocycles. The van der Waals surface area contributed by atoms with Crippen molar-refractivity contribution in [2.45, 2.75) is 59.0 Å². The molecule has 0 saturated heterocycles. The number of aromatic nitrogens is 2. The molecule has 5 rings (SSSR count). The summed E-state index contributed by atoms with van der Waals surface area (Å²) < 4.78 is 2.27. The lowest BCUT2D eigenvalue weighted by atomic mass is 9.63. The molecule has 3 N–H and O–H groups in total. The maximum Gasteiger partial charge on any atom is 0.212 e. The number of benzene rings is 1. The maximum atomic E-state index is 6.17. The zero-order valence-electron chi connectivity index (χ0n) is 16.5. The van der Waals surface area contributed by atoms with Gasteiger partial charge in [-0.2, -0.15) is 0 Å². The molecule has 3 unspecified atom stereocenters. The number of allylic oxidation sites excluding steroid dienone is 2. The zero-order valence-corrected chi connectivity index (χ0v) is 16.5. The Labute approximate surface area is 160 Å². The molecule has 2 aromatic rings. The van der Waals surface area contributed by atoms with Crippen LogP contribution in [0.15, 0.2) is 40.4 Å². The average molecular weight is 364 g/mol. The van der Waals surface area contributed by atoms with Crippen molar-refractivity contribution in [1.29, 1.82) is 0 Å². The predicted octanol–water partition coefficient (Wildman–Crippen LogP) is 4.83. The molecule has 0 fully saturated rings. The highest BCUT2D eigenvalue weighted by atomic mass is 15.4. The first-order chi connectivity index (χ1) is 12.9. The van der Waals surface area contributed by atoms with E-state index in [1.165, 1.54) is 25.7 Å². The summed E-state index contributed by atoms with van der Waals surface area (Å²) in [4.78, 5) is 9.65. The minimum Gasteiger partial charge on any atom is -0.370 e. The molecule has 3 aliphatic rings. The van der Waals surface area contributed by atoms with Crippen LogP contribution >= 0.6 is 0 Å². The number of hydrogen-bond acceptors (Lipinski definition) is 4. The van der Waals surface area contributed by atoms with Gasteiger partial charge in [-0.15, -0.1) is 0 Å². The number of nitrogens with zero attached hydrogens (tertiary/aromatic N) is 3. The lowest BCUT2D eigenvalue weighted by Gasteiger charge is -2.45. The molecule has 142 valence electrons. The summed E-state index contributed by atoms with van der Waals surface area (Å²) in [5.41, 5.74) is 12.0. The van der Waals surface area contributed by atoms with Crippen LogP contribution in [0.5, 0.6) is 0 Å². The van der Waals surface area contributed by atoms with Gasteiger partial charge in [-0.3, -0.25) is 9.88 Å². The molecule has 1 aromatic heterocycles. The van der Waals surface area contributed by atoms with Crippen LogP contribution in [-0.2, 0) is 0 Å². The molecule has 5 nitrogen and oxygen atoms in total. The molecular weight excluding hydrogens is 334 g/mol. The number of guanidine groups is 1. The molecule has 0 bridgehead atoms. The fraction of sp³-hybridized carbons (Fsp3) is 0.545. The van der Waals surface area contributed by atoms with Crippen LogP contribution in [0, 0.1) is 17.3 Å². The standard InChI is InChI=1S/C22H29N5/c1-13-11-14-7-6-10-22(2,3)16(14)12-15(13)19-25-20(23)26-21-24-17-8-4-5-9-18(17)27(19)21/h4-5,8-9,13,15,19H,6-7,10-12H2,1-3H3,(H3,23,24,25,26). The van der Waals surface area contributed by atoms with Crippen LogP contribution in [0.25, 0.3) is 11.0 Å². The minimum atomic E-state index is 0.00965. The number of para-hydroxylation sites is 2. The number of nitrogens with two attached hydrogens (primary N) is 1. The first-order valence-corrected chi connectivity index (χ1v) is 10.2. The van der Waals surface area contributed by atoms with Crippen LogP contribution < -0.4 is 11.1 Å². The summed E-state index contributed by atoms with van der Waals surface area (Å²) in [7, 11) is 0. The monoisotopic (exact) mass is 363 g/mol. The molecule has 1 aromatic carbocycles. The second kappa shape index (κ2) is 5.85. The molecule has 2 aliphatic carbocycles. The predicted molar refractivity (Wildman–Crippen MR) is 111 cm³/mol. The number of fused-ring (bicyclic) bond motifs is 3. The van der Waals surface area contributed by atoms with Crippen LogP contribution in [0.4, 0.5) is 5.95 Å². The van der Waals surface area contributed by atoms with E-state index in [0.717, 1.165) is 23.4 Å². The number of hydrogen-bond donors (Lipinski definition) is 2. The summed E-state index contributed by atoms with van der Waals surface area (Å²) in [6.45, 7) is 7.24. The third kappa shape index (κ3) is 2.59. The molecule has 0 radical (unpaired) electrons. The maximum absolute atomic E-state index is 6.17. The van der Waals surface area contributed by atoms with Crippen molar-refractivity contribution in [3.8, 4) is 0 Å². The highest BCUT2D eigenvalue weighted by molar-refractivity contribution is 5.94. The Morgan fingerprint density at radius 1 is 1.22 bits per heavy atom. The number of imidazole rings is 1. The van der Waals surface area contributed by atoms with Gasteiger partial charge in [0.05, 0.1) is 11.0 Å². The first kappa shape index (κ1) is 16.8. The number of anilines is 1. The van der Waals surface area contributed by atoms with Crippen LogP contribution in [0.1, 0.15) is 59.0 Å². The highest BCUT2D eigenvalue weighted by Gasteiger charge is 2.41. The van der Waals surface area contributed by atoms with Gasteiger partial charge < -0.3 is 5.73 Å². The second-order valence-corrected chi connectivity index (χ2v) is 9.22. The Kier molecular flexibility index (Phi) is 3.65. The molecule has 27 heavy (non-hydrogen) atoms. The van der Waals surface area contributed by atoms with Crippen molar-refractivity contribution < 1.29 is 0 Å². The third-order valence-corrected chi connectivity index (χ3v) is 7.02. The Balaban J connectivity index is 1.60. The Hall–Kier alpha value is -2.30. The number of aliphatic imine (C=N–C) groups is 1. The molecule has 0 amide bonds. The normalized spacial score (nSPS) is 29.7. The third-order valence-electron chi connectivity index (χ3n) is 7.02. The number of nitrogens with one attached hydrogen (secondary N) is 1. The molecule has 3 atom stereocenters. The van der Waals surface area contributed by atoms with Gasteiger partial charge in [0.2, 0.25) is 5.95 Å². The van der Waals surface area contributed by atoms with Crippen LogP contribution in [0.2, 0.25) is 0 Å². The van der Waals surface area contributed by atoms with Gasteiger partial charge >= 0.3 is 0 Å². The Bertz CT molecular complexity index is 964. The van der Waals surface area contributed by atoms with E-state index in [0.29, 0.717) is 23.2 Å². The largest absolute Gasteiger partial charge is 0.370 e. The molecule has 5 heteroatoms. The summed E-state index contributed by atoms with van der Waals surface area (Å²) in [6, 6.07) is 8.31. The lowest BCUT2D eigenvalue weighted by molar-refractivity contribution is 0.199. The van der Waals surface area contributed by atoms with Gasteiger partial charge in [0, 0.05) is 5.92 Å². The van der Waals surface area contributed by atoms with E-state index in [4.69, 9.17) is 15.7 Å². The van der Waals surface area contributed by atoms with Crippen molar-refractivity contribution in [2.75, 3.05) is 5.32 Å². The molecule has 1 aliphatic heterocycles. The average Bonchev–Trinajstić information content (AvgIpc) is 2.98. The fourth-order valence-electron chi connectivity index (χ4n) is 5.58. The van der Waals surface area contributed by atoms with Crippen molar-refractivity contribution in [3.05, 3.63) is 35.4 Å². The van der Waals surface area contributed by atoms with E-state index in [2.05, 4.69) is 48.9 Å².